The summed E-state index contributed by atoms with van der Waals surface area (Å²) in [5, 5.41) is 11.0. The molecular weight excluding hydrogens is 483 g/mol. The molecule has 2 heterocycles. The van der Waals surface area contributed by atoms with Gasteiger partial charge in [0, 0.05) is 13.5 Å². The molecule has 2 aromatic heterocycles. The summed E-state index contributed by atoms with van der Waals surface area (Å²) in [4.78, 5) is 25.5. The molecule has 1 atom stereocenters. The Kier molecular flexibility index (Phi) is 9.63. The minimum Gasteiger partial charge on any atom is -0.462 e. The number of ether oxygens (including phenoxy) is 1. The summed E-state index contributed by atoms with van der Waals surface area (Å²) in [7, 11) is 0. The first-order chi connectivity index (χ1) is 12.4. The predicted molar refractivity (Wildman–Crippen MR) is 114 cm³/mol. The normalized spacial score (nSPS) is 12.3. The van der Waals surface area contributed by atoms with Crippen molar-refractivity contribution >= 4 is 47.2 Å². The molecule has 2 rings (SSSR count). The van der Waals surface area contributed by atoms with Gasteiger partial charge in [0.15, 0.2) is 11.8 Å². The molecule has 0 radical (unpaired) electrons. The highest BCUT2D eigenvalue weighted by Crippen LogP contribution is 2.24. The number of guanidine groups is 1. The van der Waals surface area contributed by atoms with Crippen molar-refractivity contribution in [3.8, 4) is 0 Å². The fourth-order valence-corrected chi connectivity index (χ4v) is 3.09. The molecule has 0 bridgehead atoms. The fraction of sp³-hybridized carbons (Fsp3) is 0.562. The molecule has 0 saturated carbocycles. The van der Waals surface area contributed by atoms with Crippen LogP contribution in [0.3, 0.4) is 0 Å². The second kappa shape index (κ2) is 11.2. The van der Waals surface area contributed by atoms with Crippen LogP contribution in [0.4, 0.5) is 0 Å². The molecule has 0 fully saturated rings. The molecule has 11 heteroatoms. The summed E-state index contributed by atoms with van der Waals surface area (Å²) >= 11 is 1.32. The van der Waals surface area contributed by atoms with E-state index in [0.717, 1.165) is 5.01 Å². The van der Waals surface area contributed by atoms with Crippen LogP contribution in [0.1, 0.15) is 58.9 Å². The van der Waals surface area contributed by atoms with Gasteiger partial charge in [0.05, 0.1) is 18.3 Å². The lowest BCUT2D eigenvalue weighted by Crippen LogP contribution is -2.38. The number of aliphatic imine (C=N–C) groups is 1. The Balaban J connectivity index is 0.00000364. The fourth-order valence-electron chi connectivity index (χ4n) is 2.13. The van der Waals surface area contributed by atoms with Crippen LogP contribution < -0.4 is 10.6 Å². The molecule has 0 spiro atoms. The second-order valence-electron chi connectivity index (χ2n) is 5.48. The SMILES string of the molecule is CCNC(=NCc1noc(C)n1)NC(C)c1nc(C)c(C(=O)OCC)s1.I. The number of thiazole rings is 1. The van der Waals surface area contributed by atoms with E-state index in [1.165, 1.54) is 11.3 Å². The van der Waals surface area contributed by atoms with E-state index in [2.05, 4.69) is 30.8 Å². The van der Waals surface area contributed by atoms with Crippen molar-refractivity contribution in [2.75, 3.05) is 13.2 Å². The molecule has 150 valence electrons. The van der Waals surface area contributed by atoms with Crippen molar-refractivity contribution in [1.82, 2.24) is 25.8 Å². The second-order valence-corrected chi connectivity index (χ2v) is 6.51. The number of carbonyl (C=O) groups excluding carboxylic acids is 1. The topological polar surface area (TPSA) is 115 Å². The van der Waals surface area contributed by atoms with Crippen LogP contribution in [0.15, 0.2) is 9.52 Å². The quantitative estimate of drug-likeness (QED) is 0.254. The van der Waals surface area contributed by atoms with Gasteiger partial charge in [-0.25, -0.2) is 14.8 Å². The van der Waals surface area contributed by atoms with E-state index in [9.17, 15) is 4.79 Å². The number of nitrogens with zero attached hydrogens (tertiary/aromatic N) is 4. The first kappa shape index (κ1) is 23.3. The number of hydrogen-bond donors (Lipinski definition) is 2. The Bertz CT molecular complexity index is 776. The minimum atomic E-state index is -0.339. The van der Waals surface area contributed by atoms with Crippen molar-refractivity contribution in [1.29, 1.82) is 0 Å². The predicted octanol–water partition coefficient (Wildman–Crippen LogP) is 2.75. The van der Waals surface area contributed by atoms with E-state index in [4.69, 9.17) is 9.26 Å². The Morgan fingerprint density at radius 2 is 2.07 bits per heavy atom. The van der Waals surface area contributed by atoms with Crippen LogP contribution in [0.5, 0.6) is 0 Å². The van der Waals surface area contributed by atoms with Crippen LogP contribution in [-0.2, 0) is 11.3 Å². The Hall–Kier alpha value is -1.76. The molecule has 0 aliphatic rings. The molecule has 0 aromatic carbocycles. The maximum absolute atomic E-state index is 12.0. The molecule has 0 aliphatic carbocycles. The number of hydrogen-bond acceptors (Lipinski definition) is 8. The van der Waals surface area contributed by atoms with Crippen molar-refractivity contribution in [2.24, 2.45) is 4.99 Å². The van der Waals surface area contributed by atoms with Gasteiger partial charge in [-0.2, -0.15) is 4.98 Å². The first-order valence-electron chi connectivity index (χ1n) is 8.43. The Morgan fingerprint density at radius 3 is 2.67 bits per heavy atom. The summed E-state index contributed by atoms with van der Waals surface area (Å²) in [5.41, 5.74) is 0.668. The van der Waals surface area contributed by atoms with Gasteiger partial charge in [-0.1, -0.05) is 5.16 Å². The Labute approximate surface area is 179 Å². The number of aryl methyl sites for hydroxylation is 2. The van der Waals surface area contributed by atoms with Gasteiger partial charge in [-0.15, -0.1) is 35.3 Å². The first-order valence-corrected chi connectivity index (χ1v) is 9.24. The van der Waals surface area contributed by atoms with Crippen LogP contribution in [0.25, 0.3) is 0 Å². The molecule has 9 nitrogen and oxygen atoms in total. The summed E-state index contributed by atoms with van der Waals surface area (Å²) < 4.78 is 10.0. The van der Waals surface area contributed by atoms with Gasteiger partial charge in [-0.3, -0.25) is 0 Å². The van der Waals surface area contributed by atoms with Gasteiger partial charge >= 0.3 is 5.97 Å². The molecule has 0 saturated heterocycles. The largest absolute Gasteiger partial charge is 0.462 e. The molecule has 0 amide bonds. The van der Waals surface area contributed by atoms with Crippen molar-refractivity contribution in [3.63, 3.8) is 0 Å². The standard InChI is InChI=1S/C16H24N6O3S.HI/c1-6-17-16(18-8-12-21-11(5)25-22-12)20-10(4)14-19-9(3)13(26-14)15(23)24-7-2;/h10H,6-8H2,1-5H3,(H2,17,18,20);1H. The van der Waals surface area contributed by atoms with Crippen LogP contribution in [0, 0.1) is 13.8 Å². The number of nitrogens with one attached hydrogen (secondary N) is 2. The molecule has 0 aliphatic heterocycles. The number of aromatic nitrogens is 3. The van der Waals surface area contributed by atoms with Crippen LogP contribution >= 0.6 is 35.3 Å². The lowest BCUT2D eigenvalue weighted by atomic mass is 10.3. The summed E-state index contributed by atoms with van der Waals surface area (Å²) in [6.07, 6.45) is 0. The summed E-state index contributed by atoms with van der Waals surface area (Å²) in [5.74, 6) is 1.29. The number of carbonyl (C=O) groups is 1. The zero-order chi connectivity index (χ0) is 19.1. The van der Waals surface area contributed by atoms with E-state index >= 15 is 0 Å². The zero-order valence-corrected chi connectivity index (χ0v) is 19.2. The highest BCUT2D eigenvalue weighted by molar-refractivity contribution is 14.0. The molecule has 1 unspecified atom stereocenters. The third-order valence-corrected chi connectivity index (χ3v) is 4.61. The van der Waals surface area contributed by atoms with E-state index in [0.29, 0.717) is 47.9 Å². The van der Waals surface area contributed by atoms with E-state index in [1.54, 1.807) is 20.8 Å². The van der Waals surface area contributed by atoms with Crippen molar-refractivity contribution in [3.05, 3.63) is 27.3 Å². The van der Waals surface area contributed by atoms with Gasteiger partial charge < -0.3 is 19.9 Å². The third kappa shape index (κ3) is 6.72. The smallest absolute Gasteiger partial charge is 0.350 e. The third-order valence-electron chi connectivity index (χ3n) is 3.29. The van der Waals surface area contributed by atoms with Crippen molar-refractivity contribution in [2.45, 2.75) is 47.2 Å². The number of esters is 1. The van der Waals surface area contributed by atoms with Gasteiger partial charge in [0.25, 0.3) is 0 Å². The maximum atomic E-state index is 12.0. The number of rotatable bonds is 7. The summed E-state index contributed by atoms with van der Waals surface area (Å²) in [6.45, 7) is 10.6. The van der Waals surface area contributed by atoms with Crippen LogP contribution in [0.2, 0.25) is 0 Å². The minimum absolute atomic E-state index is 0. The molecule has 2 aromatic rings. The maximum Gasteiger partial charge on any atom is 0.350 e. The van der Waals surface area contributed by atoms with Crippen molar-refractivity contribution < 1.29 is 14.1 Å². The lowest BCUT2D eigenvalue weighted by molar-refractivity contribution is 0.0531. The van der Waals surface area contributed by atoms with Gasteiger partial charge in [0.2, 0.25) is 5.89 Å². The van der Waals surface area contributed by atoms with E-state index < -0.39 is 0 Å². The Morgan fingerprint density at radius 1 is 1.33 bits per heavy atom. The molecule has 2 N–H and O–H groups in total. The van der Waals surface area contributed by atoms with E-state index in [1.807, 2.05) is 13.8 Å². The summed E-state index contributed by atoms with van der Waals surface area (Å²) in [6, 6.07) is -0.133. The highest BCUT2D eigenvalue weighted by Gasteiger charge is 2.20. The average Bonchev–Trinajstić information content (AvgIpc) is 3.19. The van der Waals surface area contributed by atoms with E-state index in [-0.39, 0.29) is 36.0 Å². The van der Waals surface area contributed by atoms with Gasteiger partial charge in [0.1, 0.15) is 16.4 Å². The molecule has 27 heavy (non-hydrogen) atoms. The lowest BCUT2D eigenvalue weighted by Gasteiger charge is -2.15. The monoisotopic (exact) mass is 508 g/mol. The average molecular weight is 508 g/mol. The molecular formula is C16H25IN6O3S. The zero-order valence-electron chi connectivity index (χ0n) is 16.0. The highest BCUT2D eigenvalue weighted by atomic mass is 127. The van der Waals surface area contributed by atoms with Crippen LogP contribution in [-0.4, -0.2) is 40.2 Å². The van der Waals surface area contributed by atoms with Gasteiger partial charge in [-0.05, 0) is 27.7 Å². The number of halogens is 1.